The maximum Gasteiger partial charge on any atom is 0.337 e. The standard InChI is InChI=1S/C12H23BrO2.C7H7NO2/c13-11-9-7-5-3-1-2-4-6-8-10-12(14)15;8-6-4-2-1-3-5(6)7(9)10/h1-11H2,(H,14,15);1-4H,8H2,(H,9,10). The summed E-state index contributed by atoms with van der Waals surface area (Å²) in [5.41, 5.74) is 5.80. The zero-order valence-electron chi connectivity index (χ0n) is 14.8. The van der Waals surface area contributed by atoms with Gasteiger partial charge in [-0.1, -0.05) is 73.0 Å². The summed E-state index contributed by atoms with van der Waals surface area (Å²) in [5.74, 6) is -1.65. The summed E-state index contributed by atoms with van der Waals surface area (Å²) >= 11 is 3.42. The fourth-order valence-corrected chi connectivity index (χ4v) is 2.70. The second kappa shape index (κ2) is 15.9. The van der Waals surface area contributed by atoms with E-state index in [2.05, 4.69) is 15.9 Å². The molecule has 0 atom stereocenters. The molecular formula is C19H30BrNO4. The Bertz CT molecular complexity index is 494. The molecule has 6 heteroatoms. The van der Waals surface area contributed by atoms with Crippen molar-refractivity contribution in [1.29, 1.82) is 0 Å². The van der Waals surface area contributed by atoms with Crippen LogP contribution < -0.4 is 5.73 Å². The quantitative estimate of drug-likeness (QED) is 0.243. The van der Waals surface area contributed by atoms with Crippen LogP contribution in [0, 0.1) is 0 Å². The molecule has 0 fully saturated rings. The molecule has 0 bridgehead atoms. The number of carboxylic acid groups (broad SMARTS) is 2. The number of carboxylic acids is 2. The first-order valence-corrected chi connectivity index (χ1v) is 9.96. The molecule has 0 saturated heterocycles. The number of aromatic carboxylic acids is 1. The maximum absolute atomic E-state index is 10.3. The minimum Gasteiger partial charge on any atom is -0.481 e. The number of halogens is 1. The molecule has 0 aliphatic rings. The van der Waals surface area contributed by atoms with Gasteiger partial charge in [0.15, 0.2) is 0 Å². The van der Waals surface area contributed by atoms with Crippen molar-refractivity contribution in [3.05, 3.63) is 29.8 Å². The number of para-hydroxylation sites is 1. The SMILES string of the molecule is Nc1ccccc1C(=O)O.O=C(O)CCCCCCCCCCCBr. The fourth-order valence-electron chi connectivity index (χ4n) is 2.30. The van der Waals surface area contributed by atoms with Crippen LogP contribution in [-0.4, -0.2) is 27.5 Å². The minimum absolute atomic E-state index is 0.155. The number of carbonyl (C=O) groups is 2. The van der Waals surface area contributed by atoms with Gasteiger partial charge in [-0.25, -0.2) is 4.79 Å². The van der Waals surface area contributed by atoms with Crippen molar-refractivity contribution in [2.24, 2.45) is 0 Å². The monoisotopic (exact) mass is 415 g/mol. The highest BCUT2D eigenvalue weighted by Gasteiger charge is 2.03. The van der Waals surface area contributed by atoms with Gasteiger partial charge in [-0.15, -0.1) is 0 Å². The first kappa shape index (κ1) is 23.4. The molecule has 0 saturated carbocycles. The van der Waals surface area contributed by atoms with Crippen LogP contribution in [0.1, 0.15) is 74.6 Å². The zero-order valence-corrected chi connectivity index (χ0v) is 16.3. The maximum atomic E-state index is 10.3. The van der Waals surface area contributed by atoms with Gasteiger partial charge >= 0.3 is 11.9 Å². The van der Waals surface area contributed by atoms with Crippen molar-refractivity contribution < 1.29 is 19.8 Å². The zero-order chi connectivity index (χ0) is 18.9. The third kappa shape index (κ3) is 14.5. The molecule has 0 radical (unpaired) electrons. The summed E-state index contributed by atoms with van der Waals surface area (Å²) in [5, 5.41) is 18.0. The van der Waals surface area contributed by atoms with E-state index in [1.165, 1.54) is 51.0 Å². The van der Waals surface area contributed by atoms with E-state index in [1.54, 1.807) is 18.2 Å². The molecule has 0 aliphatic heterocycles. The van der Waals surface area contributed by atoms with Crippen molar-refractivity contribution in [3.8, 4) is 0 Å². The highest BCUT2D eigenvalue weighted by Crippen LogP contribution is 2.11. The first-order valence-electron chi connectivity index (χ1n) is 8.84. The predicted molar refractivity (Wildman–Crippen MR) is 105 cm³/mol. The Morgan fingerprint density at radius 1 is 0.840 bits per heavy atom. The van der Waals surface area contributed by atoms with E-state index in [-0.39, 0.29) is 5.56 Å². The number of hydrogen-bond donors (Lipinski definition) is 3. The van der Waals surface area contributed by atoms with Crippen LogP contribution in [0.5, 0.6) is 0 Å². The van der Waals surface area contributed by atoms with E-state index in [1.807, 2.05) is 0 Å². The van der Waals surface area contributed by atoms with Gasteiger partial charge in [0, 0.05) is 17.4 Å². The second-order valence-electron chi connectivity index (χ2n) is 5.91. The average Bonchev–Trinajstić information content (AvgIpc) is 2.57. The summed E-state index contributed by atoms with van der Waals surface area (Å²) in [7, 11) is 0. The first-order chi connectivity index (χ1) is 12.0. The molecule has 0 aromatic heterocycles. The van der Waals surface area contributed by atoms with Crippen LogP contribution in [0.3, 0.4) is 0 Å². The van der Waals surface area contributed by atoms with Crippen molar-refractivity contribution in [2.75, 3.05) is 11.1 Å². The molecule has 5 nitrogen and oxygen atoms in total. The number of nitrogen functional groups attached to an aromatic ring is 1. The number of nitrogens with two attached hydrogens (primary N) is 1. The van der Waals surface area contributed by atoms with Gasteiger partial charge in [0.05, 0.1) is 5.56 Å². The third-order valence-corrected chi connectivity index (χ3v) is 4.28. The molecule has 142 valence electrons. The lowest BCUT2D eigenvalue weighted by Gasteiger charge is -2.00. The molecular weight excluding hydrogens is 386 g/mol. The largest absolute Gasteiger partial charge is 0.481 e. The molecule has 1 aromatic rings. The van der Waals surface area contributed by atoms with Gasteiger partial charge in [0.2, 0.25) is 0 Å². The smallest absolute Gasteiger partial charge is 0.337 e. The number of hydrogen-bond acceptors (Lipinski definition) is 3. The van der Waals surface area contributed by atoms with E-state index < -0.39 is 11.9 Å². The van der Waals surface area contributed by atoms with Crippen LogP contribution in [0.25, 0.3) is 0 Å². The number of rotatable bonds is 12. The molecule has 25 heavy (non-hydrogen) atoms. The second-order valence-corrected chi connectivity index (χ2v) is 6.70. The number of unbranched alkanes of at least 4 members (excludes halogenated alkanes) is 8. The Morgan fingerprint density at radius 3 is 1.72 bits per heavy atom. The van der Waals surface area contributed by atoms with Gasteiger partial charge in [0.25, 0.3) is 0 Å². The molecule has 1 rings (SSSR count). The Morgan fingerprint density at radius 2 is 1.32 bits per heavy atom. The lowest BCUT2D eigenvalue weighted by molar-refractivity contribution is -0.137. The fraction of sp³-hybridized carbons (Fsp3) is 0.579. The van der Waals surface area contributed by atoms with E-state index in [0.29, 0.717) is 12.1 Å². The molecule has 0 aliphatic carbocycles. The van der Waals surface area contributed by atoms with E-state index in [4.69, 9.17) is 15.9 Å². The Balaban J connectivity index is 0.000000496. The highest BCUT2D eigenvalue weighted by atomic mass is 79.9. The number of aliphatic carboxylic acids is 1. The minimum atomic E-state index is -0.988. The van der Waals surface area contributed by atoms with Gasteiger partial charge in [-0.2, -0.15) is 0 Å². The van der Waals surface area contributed by atoms with Gasteiger partial charge in [-0.3, -0.25) is 4.79 Å². The van der Waals surface area contributed by atoms with Crippen molar-refractivity contribution >= 4 is 33.6 Å². The topological polar surface area (TPSA) is 101 Å². The molecule has 4 N–H and O–H groups in total. The normalized spacial score (nSPS) is 9.96. The number of benzene rings is 1. The molecule has 0 heterocycles. The Kier molecular flexibility index (Phi) is 14.9. The van der Waals surface area contributed by atoms with Crippen LogP contribution >= 0.6 is 15.9 Å². The summed E-state index contributed by atoms with van der Waals surface area (Å²) in [4.78, 5) is 20.6. The lowest BCUT2D eigenvalue weighted by Crippen LogP contribution is -2.00. The Labute approximate surface area is 158 Å². The summed E-state index contributed by atoms with van der Waals surface area (Å²) in [6.45, 7) is 0. The molecule has 1 aromatic carbocycles. The predicted octanol–water partition coefficient (Wildman–Crippen LogP) is 5.33. The van der Waals surface area contributed by atoms with Crippen molar-refractivity contribution in [2.45, 2.75) is 64.2 Å². The van der Waals surface area contributed by atoms with Crippen LogP contribution in [0.15, 0.2) is 24.3 Å². The van der Waals surface area contributed by atoms with Crippen LogP contribution in [-0.2, 0) is 4.79 Å². The lowest BCUT2D eigenvalue weighted by atomic mass is 10.1. The van der Waals surface area contributed by atoms with Crippen LogP contribution in [0.2, 0.25) is 0 Å². The summed E-state index contributed by atoms with van der Waals surface area (Å²) in [6.07, 6.45) is 11.4. The average molecular weight is 416 g/mol. The van der Waals surface area contributed by atoms with Crippen LogP contribution in [0.4, 0.5) is 5.69 Å². The van der Waals surface area contributed by atoms with Gasteiger partial charge in [0.1, 0.15) is 0 Å². The molecule has 0 spiro atoms. The summed E-state index contributed by atoms with van der Waals surface area (Å²) < 4.78 is 0. The molecule has 0 amide bonds. The van der Waals surface area contributed by atoms with Gasteiger partial charge < -0.3 is 15.9 Å². The van der Waals surface area contributed by atoms with Crippen molar-refractivity contribution in [1.82, 2.24) is 0 Å². The Hall–Kier alpha value is -1.56. The van der Waals surface area contributed by atoms with E-state index in [0.717, 1.165) is 18.2 Å². The third-order valence-electron chi connectivity index (χ3n) is 3.72. The number of alkyl halides is 1. The van der Waals surface area contributed by atoms with Crippen molar-refractivity contribution in [3.63, 3.8) is 0 Å². The molecule has 0 unspecified atom stereocenters. The van der Waals surface area contributed by atoms with Gasteiger partial charge in [-0.05, 0) is 25.0 Å². The van der Waals surface area contributed by atoms with E-state index >= 15 is 0 Å². The number of anilines is 1. The highest BCUT2D eigenvalue weighted by molar-refractivity contribution is 9.09. The summed E-state index contributed by atoms with van der Waals surface area (Å²) in [6, 6.07) is 6.36. The van der Waals surface area contributed by atoms with E-state index in [9.17, 15) is 9.59 Å².